The number of hydrogen-bond donors (Lipinski definition) is 3. The Balaban J connectivity index is 0.000000197. The Morgan fingerprint density at radius 3 is 1.21 bits per heavy atom. The molecule has 150 heavy (non-hydrogen) atoms. The Labute approximate surface area is 964 Å². The van der Waals surface area contributed by atoms with Crippen LogP contribution in [0.1, 0.15) is 215 Å². The van der Waals surface area contributed by atoms with E-state index in [0.29, 0.717) is 18.3 Å². The van der Waals surface area contributed by atoms with Crippen LogP contribution in [0.4, 0.5) is 0 Å². The standard InChI is InChI=1S/C33H30.C25H23Br.C19H13BrO.C19H13Br.C13H7BrO.C8H9BO2.C6H11Br.C6H5.C4H8O.C2H6.2CH4.BrH.Mg.H2/c1-3-5-6-12-23-33(28-13-8-7-9-14-28)31-16-11-10-15-29(31)30-22-21-27(24-32(30)33)26-19-17-25(4-2)18-20-26;1-2-3-4-10-17-25(19-11-6-5-7-12-19)23-14-9-8-13-21(23)22-16-15-20(26)18-24(22)25;20-14-10-11-16-15-8-4-5-9-17(15)19(21,18(16)12-14)13-6-2-1-3-7-13;20-14-10-11-16-15-8-4-5-9-17(15)19(18(16)12-14)13-6-2-1-3-7-13;14-8-5-6-10-9-3-1-2-4-11(9)13(15)12(10)7-8;1-2-7-3-5-8(6-4-7)9(10)11;1-2-3-4-5-6-7;1-2-4-6-5-3-1;1-2-4-5-3-1;1-2;;;;;/h3-4,7-11,13-22,24H,1-2,5-6,12,23H2;2,5-9,11-16,18H,1,3-4,10,17H2;1-12,21H;1-12,19H;1-7H;2-6,10-11H,1H2;2H,1,3-6H2;1-5H;1-4H2;1-2H3;2*1H4;1H;;1H/q;;;;;;;-1;;;;;;+2;/p-1/i;;;;;;;;;1D;;;;;1+1. The minimum Gasteiger partial charge on any atom is -1.00 e. The molecule has 17 aromatic carbocycles. The normalized spacial score (nSPS) is 15.0. The maximum Gasteiger partial charge on any atom is 2.00 e. The molecule has 13 heteroatoms. The molecule has 1 heterocycles. The van der Waals surface area contributed by atoms with E-state index in [0.717, 1.165) is 143 Å². The number of carbonyl (C=O) groups excluding carboxylic acids is 1. The summed E-state index contributed by atoms with van der Waals surface area (Å²) >= 11 is 17.6. The van der Waals surface area contributed by atoms with Crippen molar-refractivity contribution in [3.8, 4) is 66.8 Å². The van der Waals surface area contributed by atoms with E-state index in [2.05, 4.69) is 373 Å². The summed E-state index contributed by atoms with van der Waals surface area (Å²) in [6, 6.07) is 146. The zero-order chi connectivity index (χ0) is 103. The second kappa shape index (κ2) is 60.8. The van der Waals surface area contributed by atoms with E-state index < -0.39 is 12.7 Å². The van der Waals surface area contributed by atoms with Crippen molar-refractivity contribution in [3.63, 3.8) is 0 Å². The minimum atomic E-state index is -1.38. The van der Waals surface area contributed by atoms with Gasteiger partial charge in [-0.05, 0) is 264 Å². The Morgan fingerprint density at radius 2 is 0.740 bits per heavy atom. The molecule has 23 rings (SSSR count). The number of fused-ring (bicyclic) bond motifs is 15. The van der Waals surface area contributed by atoms with E-state index >= 15 is 0 Å². The van der Waals surface area contributed by atoms with Crippen molar-refractivity contribution in [2.75, 3.05) is 18.5 Å². The molecule has 0 amide bonds. The van der Waals surface area contributed by atoms with E-state index in [4.69, 9.17) is 16.2 Å². The fraction of sp³-hybridized carbons (Fsp3) is 0.175. The summed E-state index contributed by atoms with van der Waals surface area (Å²) in [5, 5.41) is 30.1. The monoisotopic (exact) mass is 2370 g/mol. The van der Waals surface area contributed by atoms with Gasteiger partial charge in [0.1, 0.15) is 5.60 Å². The average molecular weight is 2380 g/mol. The van der Waals surface area contributed by atoms with Gasteiger partial charge in [0, 0.05) is 78.2 Å². The Kier molecular flexibility index (Phi) is 48.2. The summed E-state index contributed by atoms with van der Waals surface area (Å²) in [7, 11) is -1.38. The van der Waals surface area contributed by atoms with Crippen LogP contribution in [0.5, 0.6) is 0 Å². The summed E-state index contributed by atoms with van der Waals surface area (Å²) < 4.78 is 15.4. The van der Waals surface area contributed by atoms with E-state index in [-0.39, 0.29) is 72.9 Å². The maximum atomic E-state index is 12.0. The number of allylic oxidation sites excluding steroid dienone is 3. The SMILES string of the molecule is Brc1ccc2c(c1)C(c1ccccc1)c1ccccc1-2.C.C.C1CCOC1.C=CCCCCBr.C=CCCCCC1(c2ccccc2)c2ccccc2-c2ccc(-c3ccc(C=C)cc3)cc21.C=CCCCCC1(c2ccccc2)c2ccccc2-c2ccc(Br)cc21.C=Cc1ccc(B(O)O)cc1.O=C1c2ccccc2-c2ccc(Br)cc21.OC1(c2ccccc2)c2ccccc2-c2ccc(Br)cc21.[2HH].[2H]CC.[Br-].[Mg+2].[c-]1ccccc1. The first kappa shape index (κ1) is 119. The molecule has 0 spiro atoms. The summed E-state index contributed by atoms with van der Waals surface area (Å²) in [6.45, 7) is 23.2. The second-order valence-corrected chi connectivity index (χ2v) is 40.6. The third kappa shape index (κ3) is 28.8. The molecule has 0 bridgehead atoms. The van der Waals surface area contributed by atoms with Crippen LogP contribution >= 0.6 is 79.6 Å². The molecule has 0 saturated carbocycles. The molecule has 6 aliphatic rings. The fourth-order valence-electron chi connectivity index (χ4n) is 20.4. The minimum absolute atomic E-state index is 0. The quantitative estimate of drug-likeness (QED) is 0.0207. The molecule has 0 aromatic heterocycles. The van der Waals surface area contributed by atoms with Crippen molar-refractivity contribution < 1.29 is 44.5 Å². The number of hydrogen-bond acceptors (Lipinski definition) is 5. The smallest absolute Gasteiger partial charge is 1.00 e. The van der Waals surface area contributed by atoms with Gasteiger partial charge in [0.15, 0.2) is 5.78 Å². The number of unbranched alkanes of at least 4 members (excludes halogenated alkanes) is 6. The molecule has 1 saturated heterocycles. The van der Waals surface area contributed by atoms with Gasteiger partial charge in [-0.2, -0.15) is 36.4 Å². The average Bonchev–Trinajstić information content (AvgIpc) is 1.57. The van der Waals surface area contributed by atoms with Gasteiger partial charge < -0.3 is 36.9 Å². The van der Waals surface area contributed by atoms with Crippen molar-refractivity contribution in [3.05, 3.63) is 577 Å². The van der Waals surface area contributed by atoms with Gasteiger partial charge in [0.05, 0.1) is 0 Å². The number of halogens is 6. The Bertz CT molecular complexity index is 7190. The van der Waals surface area contributed by atoms with Gasteiger partial charge in [-0.3, -0.25) is 4.79 Å². The van der Waals surface area contributed by atoms with E-state index in [1.165, 1.54) is 133 Å². The first-order chi connectivity index (χ1) is 71.9. The summed E-state index contributed by atoms with van der Waals surface area (Å²) in [6.07, 6.45) is 24.9. The number of ketones is 1. The molecule has 17 aromatic rings. The van der Waals surface area contributed by atoms with E-state index in [1.54, 1.807) is 37.3 Å². The van der Waals surface area contributed by atoms with Crippen molar-refractivity contribution in [2.24, 2.45) is 0 Å². The fourth-order valence-corrected chi connectivity index (χ4v) is 22.3. The number of alkyl halides is 1. The molecule has 1 fully saturated rings. The third-order valence-corrected chi connectivity index (χ3v) is 29.8. The van der Waals surface area contributed by atoms with Crippen LogP contribution < -0.4 is 22.4 Å². The first-order valence-corrected chi connectivity index (χ1v) is 54.5. The predicted molar refractivity (Wildman–Crippen MR) is 657 cm³/mol. The molecule has 4 unspecified atom stereocenters. The van der Waals surface area contributed by atoms with Crippen molar-refractivity contribution in [1.29, 1.82) is 0 Å². The van der Waals surface area contributed by atoms with Crippen LogP contribution in [0, 0.1) is 6.07 Å². The number of ether oxygens (including phenoxy) is 1. The van der Waals surface area contributed by atoms with Crippen LogP contribution in [0.25, 0.3) is 78.9 Å². The zero-order valence-electron chi connectivity index (χ0n) is 85.0. The molecule has 5 aliphatic carbocycles. The maximum absolute atomic E-state index is 12.0. The van der Waals surface area contributed by atoms with Crippen molar-refractivity contribution in [1.82, 2.24) is 0 Å². The number of aliphatic hydroxyl groups is 1. The molecule has 3 N–H and O–H groups in total. The van der Waals surface area contributed by atoms with Crippen molar-refractivity contribution >= 4 is 133 Å². The van der Waals surface area contributed by atoms with Gasteiger partial charge in [-0.1, -0.05) is 492 Å². The molecule has 1 aliphatic heterocycles. The van der Waals surface area contributed by atoms with Crippen LogP contribution in [0.15, 0.2) is 482 Å². The van der Waals surface area contributed by atoms with Crippen LogP contribution in [-0.2, 0) is 21.2 Å². The first-order valence-electron chi connectivity index (χ1n) is 50.9. The summed E-state index contributed by atoms with van der Waals surface area (Å²) in [5.41, 5.74) is 33.4. The van der Waals surface area contributed by atoms with Crippen LogP contribution in [0.2, 0.25) is 0 Å². The topological polar surface area (TPSA) is 87.0 Å². The molecule has 5 nitrogen and oxygen atoms in total. The van der Waals surface area contributed by atoms with Crippen molar-refractivity contribution in [2.45, 2.75) is 134 Å². The van der Waals surface area contributed by atoms with Gasteiger partial charge >= 0.3 is 30.2 Å². The largest absolute Gasteiger partial charge is 2.00 e. The van der Waals surface area contributed by atoms with Gasteiger partial charge in [0.2, 0.25) is 0 Å². The zero-order valence-corrected chi connectivity index (χ0v) is 94.9. The van der Waals surface area contributed by atoms with E-state index in [9.17, 15) is 9.90 Å². The predicted octanol–water partition coefficient (Wildman–Crippen LogP) is 34.8. The van der Waals surface area contributed by atoms with Gasteiger partial charge in [-0.25, -0.2) is 0 Å². The Morgan fingerprint density at radius 1 is 0.380 bits per heavy atom. The second-order valence-electron chi connectivity index (χ2n) is 36.1. The number of rotatable bonds is 22. The van der Waals surface area contributed by atoms with Gasteiger partial charge in [-0.15, -0.1) is 19.7 Å². The molecule has 760 valence electrons. The van der Waals surface area contributed by atoms with Gasteiger partial charge in [0.25, 0.3) is 0 Å². The van der Waals surface area contributed by atoms with Crippen LogP contribution in [0.3, 0.4) is 0 Å². The third-order valence-electron chi connectivity index (χ3n) is 27.3. The Hall–Kier alpha value is -11.3. The molecule has 0 radical (unpaired) electrons. The summed E-state index contributed by atoms with van der Waals surface area (Å²) in [4.78, 5) is 12.0. The van der Waals surface area contributed by atoms with Crippen LogP contribution in [-0.4, -0.2) is 69.7 Å². The molecule has 4 atom stereocenters. The summed E-state index contributed by atoms with van der Waals surface area (Å²) in [5.74, 6) is 0.474. The number of benzene rings is 17. The molecular weight excluding hydrogens is 2240 g/mol. The van der Waals surface area contributed by atoms with E-state index in [1.807, 2.05) is 158 Å². The number of carbonyl (C=O) groups is 1. The molecular formula is C137H135BBr6MgO5.